The molecule has 0 aliphatic heterocycles. The van der Waals surface area contributed by atoms with E-state index in [4.69, 9.17) is 22.4 Å². The molecule has 3 rings (SSSR count). The summed E-state index contributed by atoms with van der Waals surface area (Å²) in [6, 6.07) is 11.1. The van der Waals surface area contributed by atoms with Gasteiger partial charge >= 0.3 is 0 Å². The second kappa shape index (κ2) is 7.66. The molecule has 0 saturated carbocycles. The van der Waals surface area contributed by atoms with Gasteiger partial charge in [0.25, 0.3) is 0 Å². The smallest absolute Gasteiger partial charge is 0.230 e. The Balaban J connectivity index is 2.13. The van der Waals surface area contributed by atoms with Gasteiger partial charge in [-0.15, -0.1) is 0 Å². The number of pyridine rings is 1. The molecule has 2 aromatic heterocycles. The molecule has 0 amide bonds. The van der Waals surface area contributed by atoms with Crippen molar-refractivity contribution in [2.45, 2.75) is 32.6 Å². The number of nitrogens with zero attached hydrogens (tertiary/aromatic N) is 1. The van der Waals surface area contributed by atoms with Crippen LogP contribution in [-0.4, -0.2) is 15.9 Å². The SMILES string of the molecule is CCCC(C)c1cccc(NC(N)=S)c1C(=O)c1cc2cccnc2o1. The van der Waals surface area contributed by atoms with Crippen LogP contribution in [0.2, 0.25) is 0 Å². The zero-order valence-corrected chi connectivity index (χ0v) is 15.6. The largest absolute Gasteiger partial charge is 0.434 e. The van der Waals surface area contributed by atoms with E-state index in [0.29, 0.717) is 17.0 Å². The second-order valence-corrected chi connectivity index (χ2v) is 6.73. The number of hydrogen-bond donors (Lipinski definition) is 2. The molecule has 1 atom stereocenters. The van der Waals surface area contributed by atoms with Gasteiger partial charge in [-0.2, -0.15) is 0 Å². The highest BCUT2D eigenvalue weighted by atomic mass is 32.1. The highest BCUT2D eigenvalue weighted by Crippen LogP contribution is 2.32. The van der Waals surface area contributed by atoms with Crippen molar-refractivity contribution < 1.29 is 9.21 Å². The first-order chi connectivity index (χ1) is 12.5. The Bertz CT molecular complexity index is 932. The molecule has 1 aromatic carbocycles. The highest BCUT2D eigenvalue weighted by molar-refractivity contribution is 7.80. The van der Waals surface area contributed by atoms with Crippen molar-refractivity contribution in [2.24, 2.45) is 5.73 Å². The maximum Gasteiger partial charge on any atom is 0.230 e. The molecule has 0 saturated heterocycles. The van der Waals surface area contributed by atoms with Gasteiger partial charge in [-0.05, 0) is 54.4 Å². The van der Waals surface area contributed by atoms with E-state index in [1.54, 1.807) is 18.3 Å². The average molecular weight is 367 g/mol. The maximum atomic E-state index is 13.3. The number of rotatable bonds is 6. The monoisotopic (exact) mass is 367 g/mol. The lowest BCUT2D eigenvalue weighted by molar-refractivity contribution is 0.101. The first-order valence-corrected chi connectivity index (χ1v) is 9.00. The molecule has 0 radical (unpaired) electrons. The van der Waals surface area contributed by atoms with E-state index in [-0.39, 0.29) is 22.6 Å². The topological polar surface area (TPSA) is 81.1 Å². The van der Waals surface area contributed by atoms with Crippen LogP contribution in [0.1, 0.15) is 54.3 Å². The van der Waals surface area contributed by atoms with E-state index in [1.165, 1.54) is 0 Å². The summed E-state index contributed by atoms with van der Waals surface area (Å²) in [4.78, 5) is 17.5. The number of nitrogens with one attached hydrogen (secondary N) is 1. The minimum absolute atomic E-state index is 0.116. The lowest BCUT2D eigenvalue weighted by Gasteiger charge is -2.18. The van der Waals surface area contributed by atoms with E-state index in [1.807, 2.05) is 24.3 Å². The Morgan fingerprint density at radius 2 is 2.15 bits per heavy atom. The van der Waals surface area contributed by atoms with Crippen LogP contribution in [0.5, 0.6) is 0 Å². The van der Waals surface area contributed by atoms with E-state index < -0.39 is 0 Å². The third-order valence-corrected chi connectivity index (χ3v) is 4.45. The molecule has 3 N–H and O–H groups in total. The summed E-state index contributed by atoms with van der Waals surface area (Å²) in [5.41, 5.74) is 8.18. The molecule has 5 nitrogen and oxygen atoms in total. The third kappa shape index (κ3) is 3.60. The Labute approximate surface area is 157 Å². The van der Waals surface area contributed by atoms with Crippen molar-refractivity contribution in [2.75, 3.05) is 5.32 Å². The van der Waals surface area contributed by atoms with E-state index in [0.717, 1.165) is 23.8 Å². The van der Waals surface area contributed by atoms with Gasteiger partial charge in [0.05, 0.1) is 11.3 Å². The molecule has 2 heterocycles. The van der Waals surface area contributed by atoms with Crippen LogP contribution < -0.4 is 11.1 Å². The van der Waals surface area contributed by atoms with Gasteiger partial charge in [-0.25, -0.2) is 4.98 Å². The van der Waals surface area contributed by atoms with Crippen molar-refractivity contribution in [1.29, 1.82) is 0 Å². The van der Waals surface area contributed by atoms with Gasteiger partial charge < -0.3 is 15.5 Å². The van der Waals surface area contributed by atoms with Crippen molar-refractivity contribution in [3.05, 3.63) is 59.5 Å². The van der Waals surface area contributed by atoms with Crippen LogP contribution in [0.25, 0.3) is 11.1 Å². The van der Waals surface area contributed by atoms with Gasteiger partial charge in [-0.3, -0.25) is 4.79 Å². The van der Waals surface area contributed by atoms with E-state index in [9.17, 15) is 4.79 Å². The zero-order chi connectivity index (χ0) is 18.7. The van der Waals surface area contributed by atoms with Gasteiger partial charge in [0, 0.05) is 11.6 Å². The molecule has 0 spiro atoms. The standard InChI is InChI=1S/C20H21N3O2S/c1-3-6-12(2)14-8-4-9-15(23-20(21)26)17(14)18(24)16-11-13-7-5-10-22-19(13)25-16/h4-5,7-12H,3,6H2,1-2H3,(H3,21,23,26). The first-order valence-electron chi connectivity index (χ1n) is 8.60. The molecule has 6 heteroatoms. The molecular formula is C20H21N3O2S. The summed E-state index contributed by atoms with van der Waals surface area (Å²) in [5.74, 6) is 0.260. The number of carbonyl (C=O) groups is 1. The molecule has 0 fully saturated rings. The number of ketones is 1. The predicted octanol–water partition coefficient (Wildman–Crippen LogP) is 4.62. The van der Waals surface area contributed by atoms with Crippen LogP contribution in [0.3, 0.4) is 0 Å². The summed E-state index contributed by atoms with van der Waals surface area (Å²) in [6.07, 6.45) is 3.63. The van der Waals surface area contributed by atoms with Crippen molar-refractivity contribution in [1.82, 2.24) is 4.98 Å². The number of thiocarbonyl (C=S) groups is 1. The Morgan fingerprint density at radius 1 is 1.35 bits per heavy atom. The first kappa shape index (κ1) is 18.1. The molecule has 0 bridgehead atoms. The summed E-state index contributed by atoms with van der Waals surface area (Å²) < 4.78 is 5.69. The van der Waals surface area contributed by atoms with E-state index in [2.05, 4.69) is 24.1 Å². The fourth-order valence-corrected chi connectivity index (χ4v) is 3.28. The number of benzene rings is 1. The minimum atomic E-state index is -0.208. The second-order valence-electron chi connectivity index (χ2n) is 6.29. The predicted molar refractivity (Wildman–Crippen MR) is 108 cm³/mol. The Hall–Kier alpha value is -2.73. The average Bonchev–Trinajstić information content (AvgIpc) is 3.05. The zero-order valence-electron chi connectivity index (χ0n) is 14.8. The van der Waals surface area contributed by atoms with Gasteiger partial charge in [-0.1, -0.05) is 32.4 Å². The van der Waals surface area contributed by atoms with Crippen molar-refractivity contribution in [3.63, 3.8) is 0 Å². The number of carbonyl (C=O) groups excluding carboxylic acids is 1. The molecule has 3 aromatic rings. The molecule has 0 aliphatic carbocycles. The molecule has 1 unspecified atom stereocenters. The molecule has 134 valence electrons. The lowest BCUT2D eigenvalue weighted by atomic mass is 9.89. The number of fused-ring (bicyclic) bond motifs is 1. The minimum Gasteiger partial charge on any atom is -0.434 e. The Kier molecular flexibility index (Phi) is 5.32. The van der Waals surface area contributed by atoms with Crippen LogP contribution in [0.15, 0.2) is 47.0 Å². The number of nitrogens with two attached hydrogens (primary N) is 1. The van der Waals surface area contributed by atoms with Crippen molar-refractivity contribution >= 4 is 39.9 Å². The number of anilines is 1. The van der Waals surface area contributed by atoms with Crippen LogP contribution in [-0.2, 0) is 0 Å². The molecular weight excluding hydrogens is 346 g/mol. The van der Waals surface area contributed by atoms with Crippen molar-refractivity contribution in [3.8, 4) is 0 Å². The quantitative estimate of drug-likeness (QED) is 0.489. The fraction of sp³-hybridized carbons (Fsp3) is 0.250. The van der Waals surface area contributed by atoms with Gasteiger partial charge in [0.2, 0.25) is 11.5 Å². The van der Waals surface area contributed by atoms with Gasteiger partial charge in [0.15, 0.2) is 10.9 Å². The molecule has 0 aliphatic rings. The molecule has 26 heavy (non-hydrogen) atoms. The van der Waals surface area contributed by atoms with Crippen LogP contribution >= 0.6 is 12.2 Å². The number of aromatic nitrogens is 1. The summed E-state index contributed by atoms with van der Waals surface area (Å²) >= 11 is 4.97. The normalized spacial score (nSPS) is 12.1. The maximum absolute atomic E-state index is 13.3. The fourth-order valence-electron chi connectivity index (χ4n) is 3.17. The third-order valence-electron chi connectivity index (χ3n) is 4.35. The summed E-state index contributed by atoms with van der Waals surface area (Å²) in [5, 5.41) is 3.83. The number of furan rings is 1. The highest BCUT2D eigenvalue weighted by Gasteiger charge is 2.24. The van der Waals surface area contributed by atoms with Gasteiger partial charge in [0.1, 0.15) is 0 Å². The lowest BCUT2D eigenvalue weighted by Crippen LogP contribution is -2.21. The summed E-state index contributed by atoms with van der Waals surface area (Å²) in [7, 11) is 0. The Morgan fingerprint density at radius 3 is 2.85 bits per heavy atom. The van der Waals surface area contributed by atoms with E-state index >= 15 is 0 Å². The number of hydrogen-bond acceptors (Lipinski definition) is 4. The van der Waals surface area contributed by atoms with Crippen LogP contribution in [0, 0.1) is 0 Å². The van der Waals surface area contributed by atoms with Crippen LogP contribution in [0.4, 0.5) is 5.69 Å². The summed E-state index contributed by atoms with van der Waals surface area (Å²) in [6.45, 7) is 4.24.